The van der Waals surface area contributed by atoms with Gasteiger partial charge in [0.1, 0.15) is 0 Å². The van der Waals surface area contributed by atoms with Crippen molar-refractivity contribution >= 4 is 21.5 Å². The van der Waals surface area contributed by atoms with Crippen molar-refractivity contribution in [2.45, 2.75) is 0 Å². The summed E-state index contributed by atoms with van der Waals surface area (Å²) in [5.74, 6) is 3.35. The third kappa shape index (κ3) is 6.22. The Morgan fingerprint density at radius 3 is 0.815 bits per heavy atom. The number of aromatic nitrogens is 6. The highest BCUT2D eigenvalue weighted by atomic mass is 15.3. The Labute approximate surface area is 313 Å². The van der Waals surface area contributed by atoms with Crippen LogP contribution in [0.1, 0.15) is 0 Å². The van der Waals surface area contributed by atoms with Crippen LogP contribution in [0.2, 0.25) is 0 Å². The molecule has 0 saturated carbocycles. The predicted molar refractivity (Wildman–Crippen MR) is 219 cm³/mol. The van der Waals surface area contributed by atoms with Gasteiger partial charge in [-0.2, -0.15) is 0 Å². The summed E-state index contributed by atoms with van der Waals surface area (Å²) < 4.78 is 4.32. The fourth-order valence-electron chi connectivity index (χ4n) is 6.93. The molecule has 0 amide bonds. The molecule has 0 spiro atoms. The monoisotopic (exact) mass is 694 g/mol. The van der Waals surface area contributed by atoms with E-state index in [2.05, 4.69) is 163 Å². The van der Waals surface area contributed by atoms with Crippen LogP contribution in [0.5, 0.6) is 0 Å². The number of rotatable bonds is 6. The lowest BCUT2D eigenvalue weighted by atomic mass is 10.1. The van der Waals surface area contributed by atoms with E-state index in [1.807, 2.05) is 72.8 Å². The summed E-state index contributed by atoms with van der Waals surface area (Å²) in [6.07, 6.45) is 0. The molecular formula is C48H34N6. The molecule has 10 rings (SSSR count). The van der Waals surface area contributed by atoms with Gasteiger partial charge in [-0.25, -0.2) is 0 Å². The highest BCUT2D eigenvalue weighted by Crippen LogP contribution is 2.34. The molecule has 0 saturated heterocycles. The third-order valence-electron chi connectivity index (χ3n) is 9.47. The predicted octanol–water partition coefficient (Wildman–Crippen LogP) is 11.5. The van der Waals surface area contributed by atoms with Crippen LogP contribution in [-0.4, -0.2) is 29.5 Å². The van der Waals surface area contributed by atoms with Crippen LogP contribution in [0.25, 0.3) is 78.5 Å². The van der Waals surface area contributed by atoms with Crippen molar-refractivity contribution in [1.82, 2.24) is 29.5 Å². The van der Waals surface area contributed by atoms with E-state index in [9.17, 15) is 0 Å². The summed E-state index contributed by atoms with van der Waals surface area (Å²) in [5.41, 5.74) is 6.33. The van der Waals surface area contributed by atoms with Crippen molar-refractivity contribution in [3.05, 3.63) is 206 Å². The Bertz CT molecular complexity index is 2490. The zero-order chi connectivity index (χ0) is 36.1. The van der Waals surface area contributed by atoms with E-state index in [-0.39, 0.29) is 0 Å². The molecule has 0 atom stereocenters. The maximum Gasteiger partial charge on any atom is 0.168 e. The summed E-state index contributed by atoms with van der Waals surface area (Å²) >= 11 is 0. The van der Waals surface area contributed by atoms with Crippen molar-refractivity contribution < 1.29 is 0 Å². The number of fused-ring (bicyclic) bond motifs is 2. The molecule has 2 heterocycles. The molecule has 0 N–H and O–H groups in total. The number of hydrogen-bond donors (Lipinski definition) is 0. The van der Waals surface area contributed by atoms with Gasteiger partial charge in [0.05, 0.1) is 11.4 Å². The van der Waals surface area contributed by atoms with Gasteiger partial charge in [0.15, 0.2) is 23.3 Å². The largest absolute Gasteiger partial charge is 0.274 e. The number of benzene rings is 8. The molecular weight excluding hydrogens is 661 g/mol. The van der Waals surface area contributed by atoms with Crippen LogP contribution >= 0.6 is 0 Å². The summed E-state index contributed by atoms with van der Waals surface area (Å²) in [5, 5.41) is 23.0. The first kappa shape index (κ1) is 32.5. The van der Waals surface area contributed by atoms with E-state index in [4.69, 9.17) is 0 Å². The lowest BCUT2D eigenvalue weighted by Gasteiger charge is -2.13. The second-order valence-electron chi connectivity index (χ2n) is 12.8. The molecule has 256 valence electrons. The van der Waals surface area contributed by atoms with Crippen molar-refractivity contribution in [1.29, 1.82) is 0 Å². The second kappa shape index (κ2) is 14.7. The van der Waals surface area contributed by atoms with Gasteiger partial charge >= 0.3 is 0 Å². The molecule has 8 aromatic carbocycles. The highest BCUT2D eigenvalue weighted by Gasteiger charge is 2.20. The molecule has 0 fully saturated rings. The summed E-state index contributed by atoms with van der Waals surface area (Å²) in [7, 11) is 0. The van der Waals surface area contributed by atoms with Gasteiger partial charge in [-0.3, -0.25) is 9.13 Å². The molecule has 0 bridgehead atoms. The molecule has 2 aromatic heterocycles. The van der Waals surface area contributed by atoms with Gasteiger partial charge in [-0.1, -0.05) is 194 Å². The minimum Gasteiger partial charge on any atom is -0.274 e. The molecule has 0 radical (unpaired) electrons. The van der Waals surface area contributed by atoms with Gasteiger partial charge < -0.3 is 0 Å². The van der Waals surface area contributed by atoms with Crippen molar-refractivity contribution in [2.24, 2.45) is 0 Å². The molecule has 0 aliphatic heterocycles. The first-order valence-electron chi connectivity index (χ1n) is 17.9. The smallest absolute Gasteiger partial charge is 0.168 e. The molecule has 10 aromatic rings. The normalized spacial score (nSPS) is 11.0. The average molecular weight is 695 g/mol. The van der Waals surface area contributed by atoms with Gasteiger partial charge in [0.2, 0.25) is 0 Å². The van der Waals surface area contributed by atoms with Gasteiger partial charge in [0, 0.05) is 33.0 Å². The molecule has 0 aliphatic rings. The minimum absolute atomic E-state index is 0.839. The van der Waals surface area contributed by atoms with Crippen LogP contribution < -0.4 is 0 Å². The van der Waals surface area contributed by atoms with Crippen molar-refractivity contribution in [3.63, 3.8) is 0 Å². The summed E-state index contributed by atoms with van der Waals surface area (Å²) in [4.78, 5) is 0. The van der Waals surface area contributed by atoms with Crippen LogP contribution in [0.3, 0.4) is 0 Å². The molecule has 6 heteroatoms. The van der Waals surface area contributed by atoms with E-state index >= 15 is 0 Å². The van der Waals surface area contributed by atoms with E-state index in [0.717, 1.165) is 56.9 Å². The maximum atomic E-state index is 4.56. The fraction of sp³-hybridized carbons (Fsp3) is 0. The van der Waals surface area contributed by atoms with E-state index in [1.54, 1.807) is 0 Å². The molecule has 0 unspecified atom stereocenters. The van der Waals surface area contributed by atoms with Crippen LogP contribution in [0, 0.1) is 0 Å². The minimum atomic E-state index is 0.839. The second-order valence-corrected chi connectivity index (χ2v) is 12.8. The Morgan fingerprint density at radius 1 is 0.241 bits per heavy atom. The quantitative estimate of drug-likeness (QED) is 0.174. The topological polar surface area (TPSA) is 61.4 Å². The maximum absolute atomic E-state index is 4.56. The van der Waals surface area contributed by atoms with Crippen molar-refractivity contribution in [2.75, 3.05) is 0 Å². The van der Waals surface area contributed by atoms with Gasteiger partial charge in [-0.05, 0) is 22.9 Å². The standard InChI is InChI=1S/2C24H17N3/c2*1-3-11-19(12-4-1)23-25-26-24(20-13-5-2-6-14-20)27(23)22-17-9-15-18-10-7-8-16-21(18)22/h2*1-17H. The average Bonchev–Trinajstić information content (AvgIpc) is 3.91. The number of nitrogens with zero attached hydrogens (tertiary/aromatic N) is 6. The summed E-state index contributed by atoms with van der Waals surface area (Å²) in [6.45, 7) is 0. The Kier molecular flexibility index (Phi) is 8.81. The third-order valence-corrected chi connectivity index (χ3v) is 9.47. The first-order valence-corrected chi connectivity index (χ1v) is 17.9. The number of hydrogen-bond acceptors (Lipinski definition) is 4. The van der Waals surface area contributed by atoms with Gasteiger partial charge in [-0.15, -0.1) is 20.4 Å². The van der Waals surface area contributed by atoms with Gasteiger partial charge in [0.25, 0.3) is 0 Å². The van der Waals surface area contributed by atoms with E-state index < -0.39 is 0 Å². The fourth-order valence-corrected chi connectivity index (χ4v) is 6.93. The van der Waals surface area contributed by atoms with Crippen LogP contribution in [-0.2, 0) is 0 Å². The van der Waals surface area contributed by atoms with E-state index in [0.29, 0.717) is 0 Å². The van der Waals surface area contributed by atoms with Crippen LogP contribution in [0.15, 0.2) is 206 Å². The van der Waals surface area contributed by atoms with Crippen LogP contribution in [0.4, 0.5) is 0 Å². The Balaban J connectivity index is 0.000000142. The SMILES string of the molecule is c1ccc(-c2nnc(-c3ccccc3)n2-c2cccc3ccccc23)cc1.c1ccc(-c2nnc(-c3ccccc3)n2-c2cccc3ccccc23)cc1. The Morgan fingerprint density at radius 2 is 0.500 bits per heavy atom. The molecule has 54 heavy (non-hydrogen) atoms. The first-order chi connectivity index (χ1) is 26.8. The lowest BCUT2D eigenvalue weighted by molar-refractivity contribution is 1.08. The molecule has 0 aliphatic carbocycles. The lowest BCUT2D eigenvalue weighted by Crippen LogP contribution is -2.01. The zero-order valence-corrected chi connectivity index (χ0v) is 29.3. The van der Waals surface area contributed by atoms with E-state index in [1.165, 1.54) is 21.5 Å². The zero-order valence-electron chi connectivity index (χ0n) is 29.3. The highest BCUT2D eigenvalue weighted by molar-refractivity contribution is 5.92. The van der Waals surface area contributed by atoms with Crippen molar-refractivity contribution in [3.8, 4) is 56.9 Å². The molecule has 6 nitrogen and oxygen atoms in total. The summed E-state index contributed by atoms with van der Waals surface area (Å²) in [6, 6.07) is 70.4. The Hall–Kier alpha value is -7.44.